The molecule has 0 saturated heterocycles. The third kappa shape index (κ3) is 4.63. The molecule has 2 aromatic carbocycles. The molecule has 0 radical (unpaired) electrons. The summed E-state index contributed by atoms with van der Waals surface area (Å²) in [6.07, 6.45) is 3.86. The van der Waals surface area contributed by atoms with Crippen LogP contribution in [0.1, 0.15) is 43.0 Å². The molecule has 0 N–H and O–H groups in total. The van der Waals surface area contributed by atoms with Crippen LogP contribution in [0.4, 0.5) is 10.1 Å². The number of rotatable bonds is 6. The Bertz CT molecular complexity index is 1410. The van der Waals surface area contributed by atoms with Gasteiger partial charge in [0, 0.05) is 29.1 Å². The summed E-state index contributed by atoms with van der Waals surface area (Å²) in [6, 6.07) is 6.96. The van der Waals surface area contributed by atoms with Crippen LogP contribution in [-0.4, -0.2) is 32.6 Å². The van der Waals surface area contributed by atoms with E-state index in [-0.39, 0.29) is 40.2 Å². The number of fused-ring (bicyclic) bond motifs is 1. The highest BCUT2D eigenvalue weighted by Crippen LogP contribution is 2.36. The molecule has 3 aromatic rings. The predicted octanol–water partition coefficient (Wildman–Crippen LogP) is 6.72. The van der Waals surface area contributed by atoms with Crippen LogP contribution in [0.15, 0.2) is 35.5 Å². The Morgan fingerprint density at radius 3 is 2.75 bits per heavy atom. The van der Waals surface area contributed by atoms with Gasteiger partial charge in [0.15, 0.2) is 11.4 Å². The molecule has 36 heavy (non-hydrogen) atoms. The van der Waals surface area contributed by atoms with Crippen molar-refractivity contribution in [3.63, 3.8) is 0 Å². The van der Waals surface area contributed by atoms with E-state index in [1.807, 2.05) is 0 Å². The lowest BCUT2D eigenvalue weighted by atomic mass is 9.96. The summed E-state index contributed by atoms with van der Waals surface area (Å²) in [7, 11) is 0. The topological polar surface area (TPSA) is 91.8 Å². The largest absolute Gasteiger partial charge is 0.488 e. The zero-order valence-corrected chi connectivity index (χ0v) is 21.3. The second-order valence-electron chi connectivity index (χ2n) is 9.03. The van der Waals surface area contributed by atoms with Crippen molar-refractivity contribution in [2.24, 2.45) is 5.16 Å². The summed E-state index contributed by atoms with van der Waals surface area (Å²) in [5, 5.41) is 20.7. The fourth-order valence-electron chi connectivity index (χ4n) is 4.40. The van der Waals surface area contributed by atoms with Gasteiger partial charge < -0.3 is 9.57 Å². The van der Waals surface area contributed by atoms with Gasteiger partial charge >= 0.3 is 0 Å². The minimum atomic E-state index is -0.941. The predicted molar refractivity (Wildman–Crippen MR) is 134 cm³/mol. The molecule has 188 valence electrons. The van der Waals surface area contributed by atoms with Gasteiger partial charge in [-0.2, -0.15) is 5.10 Å². The first-order valence-electron chi connectivity index (χ1n) is 11.2. The number of ether oxygens (including phenoxy) is 1. The van der Waals surface area contributed by atoms with Gasteiger partial charge in [-0.05, 0) is 50.8 Å². The molecule has 1 aliphatic heterocycles. The van der Waals surface area contributed by atoms with Crippen LogP contribution in [0.25, 0.3) is 5.69 Å². The summed E-state index contributed by atoms with van der Waals surface area (Å²) in [4.78, 5) is 16.5. The number of aromatic nitrogens is 2. The van der Waals surface area contributed by atoms with Gasteiger partial charge in [-0.15, -0.1) is 0 Å². The second-order valence-corrected chi connectivity index (χ2v) is 10.2. The van der Waals surface area contributed by atoms with Crippen molar-refractivity contribution in [1.82, 2.24) is 9.78 Å². The van der Waals surface area contributed by atoms with E-state index in [2.05, 4.69) is 10.3 Å². The van der Waals surface area contributed by atoms with Gasteiger partial charge in [-0.25, -0.2) is 9.07 Å². The summed E-state index contributed by atoms with van der Waals surface area (Å²) >= 11 is 18.7. The molecule has 12 heteroatoms. The number of aryl methyl sites for hydroxylation is 1. The lowest BCUT2D eigenvalue weighted by Gasteiger charge is -2.22. The van der Waals surface area contributed by atoms with E-state index < -0.39 is 16.3 Å². The summed E-state index contributed by atoms with van der Waals surface area (Å²) < 4.78 is 22.2. The van der Waals surface area contributed by atoms with E-state index in [4.69, 9.17) is 44.4 Å². The van der Waals surface area contributed by atoms with E-state index >= 15 is 0 Å². The quantitative estimate of drug-likeness (QED) is 0.250. The number of oxime groups is 1. The van der Waals surface area contributed by atoms with Crippen LogP contribution in [0, 0.1) is 15.9 Å². The number of hydrogen-bond donors (Lipinski definition) is 0. The highest BCUT2D eigenvalue weighted by Gasteiger charge is 2.38. The molecule has 5 rings (SSSR count). The zero-order chi connectivity index (χ0) is 25.6. The third-order valence-corrected chi connectivity index (χ3v) is 7.16. The average molecular weight is 554 g/mol. The molecule has 1 aromatic heterocycles. The summed E-state index contributed by atoms with van der Waals surface area (Å²) in [6.45, 7) is 1.75. The van der Waals surface area contributed by atoms with E-state index in [1.54, 1.807) is 13.0 Å². The molecular weight excluding hydrogens is 534 g/mol. The smallest absolute Gasteiger partial charge is 0.280 e. The maximum absolute atomic E-state index is 14.9. The van der Waals surface area contributed by atoms with Crippen molar-refractivity contribution < 1.29 is 18.9 Å². The third-order valence-electron chi connectivity index (χ3n) is 6.24. The van der Waals surface area contributed by atoms with Crippen LogP contribution >= 0.6 is 34.8 Å². The highest BCUT2D eigenvalue weighted by atomic mass is 35.5. The minimum absolute atomic E-state index is 0.00445. The van der Waals surface area contributed by atoms with Crippen molar-refractivity contribution in [3.8, 4) is 11.4 Å². The molecule has 1 unspecified atom stereocenters. The Morgan fingerprint density at radius 2 is 2.00 bits per heavy atom. The lowest BCUT2D eigenvalue weighted by Crippen LogP contribution is -2.33. The second kappa shape index (κ2) is 9.53. The van der Waals surface area contributed by atoms with E-state index in [1.165, 1.54) is 22.9 Å². The Kier molecular flexibility index (Phi) is 6.57. The van der Waals surface area contributed by atoms with E-state index in [0.717, 1.165) is 43.0 Å². The average Bonchev–Trinajstić information content (AvgIpc) is 3.39. The van der Waals surface area contributed by atoms with Crippen molar-refractivity contribution in [2.75, 3.05) is 6.61 Å². The van der Waals surface area contributed by atoms with Gasteiger partial charge in [0.1, 0.15) is 23.2 Å². The maximum atomic E-state index is 14.9. The SMILES string of the molecule is CC1(COc2cc(-n3nc4c(c3Cl)CCCC4)c(F)cc2Cl)CC(c2ccc(Cl)cc2[N+](=O)[O-])=NO1. The number of halogens is 4. The number of nitrogens with zero attached hydrogens (tertiary/aromatic N) is 4. The molecule has 0 bridgehead atoms. The standard InChI is InChI=1S/C24H20Cl3FN4O4/c1-24(11-19(30-36-24)14-7-6-13(25)8-20(14)32(33)34)12-35-22-10-21(17(28)9-16(22)26)31-23(27)15-4-2-3-5-18(15)29-31/h6-10H,2-5,11-12H2,1H3. The Morgan fingerprint density at radius 1 is 1.22 bits per heavy atom. The van der Waals surface area contributed by atoms with Crippen LogP contribution < -0.4 is 4.74 Å². The number of benzene rings is 2. The number of nitro benzene ring substituents is 1. The highest BCUT2D eigenvalue weighted by molar-refractivity contribution is 6.32. The van der Waals surface area contributed by atoms with Crippen molar-refractivity contribution in [2.45, 2.75) is 44.6 Å². The molecule has 0 saturated carbocycles. The molecule has 1 aliphatic carbocycles. The molecule has 8 nitrogen and oxygen atoms in total. The number of nitro groups is 1. The maximum Gasteiger partial charge on any atom is 0.280 e. The van der Waals surface area contributed by atoms with Crippen LogP contribution in [0.5, 0.6) is 5.75 Å². The lowest BCUT2D eigenvalue weighted by molar-refractivity contribution is -0.385. The van der Waals surface area contributed by atoms with E-state index in [0.29, 0.717) is 16.4 Å². The Balaban J connectivity index is 1.36. The van der Waals surface area contributed by atoms with Gasteiger partial charge in [0.05, 0.1) is 26.9 Å². The van der Waals surface area contributed by atoms with Gasteiger partial charge in [-0.1, -0.05) is 40.0 Å². The molecule has 0 amide bonds. The summed E-state index contributed by atoms with van der Waals surface area (Å²) in [5.41, 5.74) is 1.53. The van der Waals surface area contributed by atoms with Crippen molar-refractivity contribution in [1.29, 1.82) is 0 Å². The fraction of sp³-hybridized carbons (Fsp3) is 0.333. The molecule has 1 atom stereocenters. The molecule has 0 spiro atoms. The molecular formula is C24H20Cl3FN4O4. The first-order valence-corrected chi connectivity index (χ1v) is 12.4. The van der Waals surface area contributed by atoms with Crippen molar-refractivity contribution >= 4 is 46.2 Å². The molecule has 2 aliphatic rings. The summed E-state index contributed by atoms with van der Waals surface area (Å²) in [5.74, 6) is -0.369. The first-order chi connectivity index (χ1) is 17.1. The van der Waals surface area contributed by atoms with Gasteiger partial charge in [0.2, 0.25) is 0 Å². The monoisotopic (exact) mass is 552 g/mol. The van der Waals surface area contributed by atoms with Crippen LogP contribution in [-0.2, 0) is 17.7 Å². The minimum Gasteiger partial charge on any atom is -0.488 e. The van der Waals surface area contributed by atoms with Gasteiger partial charge in [0.25, 0.3) is 5.69 Å². The normalized spacial score (nSPS) is 19.0. The van der Waals surface area contributed by atoms with Crippen LogP contribution in [0.2, 0.25) is 15.2 Å². The Hall–Kier alpha value is -2.88. The van der Waals surface area contributed by atoms with Crippen molar-refractivity contribution in [3.05, 3.63) is 78.3 Å². The molecule has 2 heterocycles. The molecule has 0 fully saturated rings. The fourth-order valence-corrected chi connectivity index (χ4v) is 5.11. The Labute approximate surface area is 220 Å². The number of hydrogen-bond acceptors (Lipinski definition) is 6. The van der Waals surface area contributed by atoms with E-state index in [9.17, 15) is 14.5 Å². The first kappa shape index (κ1) is 24.8. The van der Waals surface area contributed by atoms with Crippen LogP contribution in [0.3, 0.4) is 0 Å². The van der Waals surface area contributed by atoms with Gasteiger partial charge in [-0.3, -0.25) is 10.1 Å². The zero-order valence-electron chi connectivity index (χ0n) is 19.1.